The van der Waals surface area contributed by atoms with Crippen molar-refractivity contribution >= 4 is 17.5 Å². The molecule has 1 atom stereocenters. The van der Waals surface area contributed by atoms with E-state index in [9.17, 15) is 9.90 Å². The number of halogens is 1. The molecule has 2 N–H and O–H groups in total. The number of carbonyl (C=O) groups excluding carboxylic acids is 1. The summed E-state index contributed by atoms with van der Waals surface area (Å²) in [6.45, 7) is 7.93. The number of nitrogens with one attached hydrogen (secondary N) is 1. The average molecular weight is 284 g/mol. The van der Waals surface area contributed by atoms with Crippen LogP contribution in [0.15, 0.2) is 18.2 Å². The lowest BCUT2D eigenvalue weighted by Gasteiger charge is -2.25. The Morgan fingerprint density at radius 1 is 1.47 bits per heavy atom. The van der Waals surface area contributed by atoms with Gasteiger partial charge in [0.15, 0.2) is 0 Å². The number of hydrogen-bond donors (Lipinski definition) is 2. The molecule has 0 heterocycles. The van der Waals surface area contributed by atoms with Gasteiger partial charge in [0.2, 0.25) is 0 Å². The third kappa shape index (κ3) is 5.21. The molecule has 3 nitrogen and oxygen atoms in total. The minimum absolute atomic E-state index is 0.216. The van der Waals surface area contributed by atoms with Crippen molar-refractivity contribution in [2.45, 2.75) is 39.7 Å². The maximum absolute atomic E-state index is 12.0. The van der Waals surface area contributed by atoms with Crippen LogP contribution in [0.1, 0.15) is 43.1 Å². The molecule has 0 saturated heterocycles. The van der Waals surface area contributed by atoms with E-state index in [1.165, 1.54) is 0 Å². The van der Waals surface area contributed by atoms with E-state index in [0.717, 1.165) is 5.56 Å². The standard InChI is InChI=1S/C15H22ClNO2/c1-10(2)8-15(4,19)9-17-14(18)12-6-5-11(3)7-13(12)16/h5-7,10,19H,8-9H2,1-4H3,(H,17,18). The molecule has 0 aliphatic carbocycles. The number of rotatable bonds is 5. The van der Waals surface area contributed by atoms with Crippen LogP contribution >= 0.6 is 11.6 Å². The first-order valence-corrected chi connectivity index (χ1v) is 6.86. The van der Waals surface area contributed by atoms with Crippen molar-refractivity contribution in [2.24, 2.45) is 5.92 Å². The van der Waals surface area contributed by atoms with Crippen molar-refractivity contribution < 1.29 is 9.90 Å². The van der Waals surface area contributed by atoms with Crippen LogP contribution in [0.25, 0.3) is 0 Å². The van der Waals surface area contributed by atoms with E-state index in [0.29, 0.717) is 22.9 Å². The molecule has 0 aliphatic rings. The Kier molecular flexibility index (Phi) is 5.39. The number of aliphatic hydroxyl groups is 1. The molecule has 106 valence electrons. The summed E-state index contributed by atoms with van der Waals surface area (Å²) in [4.78, 5) is 12.0. The lowest BCUT2D eigenvalue weighted by Crippen LogP contribution is -2.41. The van der Waals surface area contributed by atoms with E-state index in [4.69, 9.17) is 11.6 Å². The normalized spacial score (nSPS) is 14.3. The number of benzene rings is 1. The molecule has 0 spiro atoms. The van der Waals surface area contributed by atoms with Crippen LogP contribution in [0.2, 0.25) is 5.02 Å². The van der Waals surface area contributed by atoms with Gasteiger partial charge in [0.25, 0.3) is 5.91 Å². The molecular formula is C15H22ClNO2. The van der Waals surface area contributed by atoms with E-state index in [-0.39, 0.29) is 12.5 Å². The summed E-state index contributed by atoms with van der Waals surface area (Å²) in [5.74, 6) is 0.115. The Bertz CT molecular complexity index is 455. The largest absolute Gasteiger partial charge is 0.388 e. The summed E-state index contributed by atoms with van der Waals surface area (Å²) < 4.78 is 0. The van der Waals surface area contributed by atoms with Crippen molar-refractivity contribution in [2.75, 3.05) is 6.54 Å². The quantitative estimate of drug-likeness (QED) is 0.872. The zero-order chi connectivity index (χ0) is 14.6. The number of aryl methyl sites for hydroxylation is 1. The first-order chi connectivity index (χ1) is 8.71. The Morgan fingerprint density at radius 3 is 2.63 bits per heavy atom. The lowest BCUT2D eigenvalue weighted by molar-refractivity contribution is 0.0368. The average Bonchev–Trinajstić information content (AvgIpc) is 2.24. The van der Waals surface area contributed by atoms with Crippen LogP contribution in [0.5, 0.6) is 0 Å². The predicted octanol–water partition coefficient (Wildman–Crippen LogP) is 3.18. The van der Waals surface area contributed by atoms with Gasteiger partial charge in [-0.15, -0.1) is 0 Å². The van der Waals surface area contributed by atoms with E-state index in [1.54, 1.807) is 19.1 Å². The zero-order valence-electron chi connectivity index (χ0n) is 12.0. The SMILES string of the molecule is Cc1ccc(C(=O)NCC(C)(O)CC(C)C)c(Cl)c1. The van der Waals surface area contributed by atoms with E-state index in [2.05, 4.69) is 5.32 Å². The molecule has 1 aromatic carbocycles. The third-order valence-electron chi connectivity index (χ3n) is 2.85. The van der Waals surface area contributed by atoms with Gasteiger partial charge in [-0.1, -0.05) is 31.5 Å². The summed E-state index contributed by atoms with van der Waals surface area (Å²) in [5.41, 5.74) is 0.544. The fourth-order valence-corrected chi connectivity index (χ4v) is 2.44. The van der Waals surface area contributed by atoms with Crippen LogP contribution in [-0.2, 0) is 0 Å². The van der Waals surface area contributed by atoms with Gasteiger partial charge in [-0.2, -0.15) is 0 Å². The van der Waals surface area contributed by atoms with Crippen LogP contribution in [0, 0.1) is 12.8 Å². The summed E-state index contributed by atoms with van der Waals surface area (Å²) >= 11 is 6.04. The van der Waals surface area contributed by atoms with Gasteiger partial charge in [-0.05, 0) is 43.9 Å². The Balaban J connectivity index is 2.65. The van der Waals surface area contributed by atoms with Gasteiger partial charge in [0.05, 0.1) is 16.2 Å². The summed E-state index contributed by atoms with van der Waals surface area (Å²) in [6.07, 6.45) is 0.634. The summed E-state index contributed by atoms with van der Waals surface area (Å²) in [6, 6.07) is 5.29. The van der Waals surface area contributed by atoms with Crippen molar-refractivity contribution in [1.29, 1.82) is 0 Å². The molecule has 1 rings (SSSR count). The Labute approximate surface area is 120 Å². The molecule has 4 heteroatoms. The Hall–Kier alpha value is -1.06. The Morgan fingerprint density at radius 2 is 2.11 bits per heavy atom. The molecule has 0 aromatic heterocycles. The molecule has 0 radical (unpaired) electrons. The second-order valence-corrected chi connectivity index (χ2v) is 6.17. The van der Waals surface area contributed by atoms with E-state index in [1.807, 2.05) is 26.8 Å². The minimum atomic E-state index is -0.902. The van der Waals surface area contributed by atoms with Crippen LogP contribution in [-0.4, -0.2) is 23.2 Å². The fourth-order valence-electron chi connectivity index (χ4n) is 2.12. The molecule has 19 heavy (non-hydrogen) atoms. The van der Waals surface area contributed by atoms with E-state index < -0.39 is 5.60 Å². The van der Waals surface area contributed by atoms with Crippen molar-refractivity contribution in [3.05, 3.63) is 34.3 Å². The van der Waals surface area contributed by atoms with Gasteiger partial charge in [0, 0.05) is 6.54 Å². The number of carbonyl (C=O) groups is 1. The maximum Gasteiger partial charge on any atom is 0.252 e. The molecule has 1 unspecified atom stereocenters. The summed E-state index contributed by atoms with van der Waals surface area (Å²) in [5, 5.41) is 13.3. The molecular weight excluding hydrogens is 262 g/mol. The maximum atomic E-state index is 12.0. The van der Waals surface area contributed by atoms with Crippen LogP contribution in [0.4, 0.5) is 0 Å². The minimum Gasteiger partial charge on any atom is -0.388 e. The highest BCUT2D eigenvalue weighted by Gasteiger charge is 2.23. The van der Waals surface area contributed by atoms with Crippen molar-refractivity contribution in [1.82, 2.24) is 5.32 Å². The van der Waals surface area contributed by atoms with Gasteiger partial charge < -0.3 is 10.4 Å². The molecule has 0 aliphatic heterocycles. The van der Waals surface area contributed by atoms with Crippen molar-refractivity contribution in [3.63, 3.8) is 0 Å². The van der Waals surface area contributed by atoms with E-state index >= 15 is 0 Å². The second kappa shape index (κ2) is 6.40. The zero-order valence-corrected chi connectivity index (χ0v) is 12.7. The highest BCUT2D eigenvalue weighted by Crippen LogP contribution is 2.19. The molecule has 0 bridgehead atoms. The lowest BCUT2D eigenvalue weighted by atomic mass is 9.94. The van der Waals surface area contributed by atoms with Crippen LogP contribution < -0.4 is 5.32 Å². The fraction of sp³-hybridized carbons (Fsp3) is 0.533. The highest BCUT2D eigenvalue weighted by molar-refractivity contribution is 6.33. The van der Waals surface area contributed by atoms with Gasteiger partial charge in [-0.3, -0.25) is 4.79 Å². The smallest absolute Gasteiger partial charge is 0.252 e. The first kappa shape index (κ1) is 16.0. The molecule has 1 aromatic rings. The third-order valence-corrected chi connectivity index (χ3v) is 3.16. The van der Waals surface area contributed by atoms with Crippen LogP contribution in [0.3, 0.4) is 0 Å². The molecule has 0 fully saturated rings. The highest BCUT2D eigenvalue weighted by atomic mass is 35.5. The number of hydrogen-bond acceptors (Lipinski definition) is 2. The summed E-state index contributed by atoms with van der Waals surface area (Å²) in [7, 11) is 0. The topological polar surface area (TPSA) is 49.3 Å². The van der Waals surface area contributed by atoms with Gasteiger partial charge >= 0.3 is 0 Å². The van der Waals surface area contributed by atoms with Crippen molar-refractivity contribution in [3.8, 4) is 0 Å². The molecule has 0 saturated carbocycles. The van der Waals surface area contributed by atoms with Gasteiger partial charge in [0.1, 0.15) is 0 Å². The molecule has 1 amide bonds. The predicted molar refractivity (Wildman–Crippen MR) is 78.6 cm³/mol. The van der Waals surface area contributed by atoms with Gasteiger partial charge in [-0.25, -0.2) is 0 Å². The number of amides is 1. The first-order valence-electron chi connectivity index (χ1n) is 6.48. The second-order valence-electron chi connectivity index (χ2n) is 5.76. The monoisotopic (exact) mass is 283 g/mol.